The van der Waals surface area contributed by atoms with Crippen LogP contribution in [0.2, 0.25) is 0 Å². The van der Waals surface area contributed by atoms with Crippen molar-refractivity contribution in [3.05, 3.63) is 24.3 Å². The van der Waals surface area contributed by atoms with Crippen molar-refractivity contribution in [3.63, 3.8) is 0 Å². The van der Waals surface area contributed by atoms with Crippen LogP contribution in [0.25, 0.3) is 0 Å². The number of benzene rings is 1. The molecule has 1 aromatic carbocycles. The van der Waals surface area contributed by atoms with Crippen LogP contribution < -0.4 is 10.6 Å². The van der Waals surface area contributed by atoms with Crippen molar-refractivity contribution in [2.45, 2.75) is 35.8 Å². The Morgan fingerprint density at radius 1 is 1.25 bits per heavy atom. The van der Waals surface area contributed by atoms with Gasteiger partial charge in [-0.15, -0.1) is 11.8 Å². The van der Waals surface area contributed by atoms with Crippen LogP contribution in [0.5, 0.6) is 0 Å². The van der Waals surface area contributed by atoms with Gasteiger partial charge in [-0.25, -0.2) is 0 Å². The molecule has 2 N–H and O–H groups in total. The van der Waals surface area contributed by atoms with Gasteiger partial charge in [0, 0.05) is 37.4 Å². The number of fused-ring (bicyclic) bond motifs is 1. The molecule has 0 aliphatic carbocycles. The summed E-state index contributed by atoms with van der Waals surface area (Å²) in [6, 6.07) is 7.55. The highest BCUT2D eigenvalue weighted by Gasteiger charge is 2.28. The van der Waals surface area contributed by atoms with E-state index >= 15 is 0 Å². The van der Waals surface area contributed by atoms with Crippen LogP contribution in [0.3, 0.4) is 0 Å². The monoisotopic (exact) mass is 347 g/mol. The minimum Gasteiger partial charge on any atom is -0.356 e. The van der Waals surface area contributed by atoms with E-state index in [9.17, 15) is 14.4 Å². The van der Waals surface area contributed by atoms with Crippen molar-refractivity contribution >= 4 is 35.2 Å². The Kier molecular flexibility index (Phi) is 5.40. The zero-order chi connectivity index (χ0) is 16.9. The lowest BCUT2D eigenvalue weighted by atomic mass is 10.2. The van der Waals surface area contributed by atoms with Crippen molar-refractivity contribution in [2.24, 2.45) is 0 Å². The molecule has 2 aliphatic heterocycles. The van der Waals surface area contributed by atoms with Crippen LogP contribution in [0.4, 0.5) is 5.69 Å². The number of carbonyl (C=O) groups excluding carboxylic acids is 3. The summed E-state index contributed by atoms with van der Waals surface area (Å²) in [6.45, 7) is 1.97. The summed E-state index contributed by atoms with van der Waals surface area (Å²) in [7, 11) is 0. The molecule has 3 rings (SSSR count). The lowest BCUT2D eigenvalue weighted by Gasteiger charge is -2.23. The molecule has 7 heteroatoms. The molecule has 0 spiro atoms. The third kappa shape index (κ3) is 4.08. The molecular formula is C17H21N3O3S. The minimum absolute atomic E-state index is 0.0894. The highest BCUT2D eigenvalue weighted by molar-refractivity contribution is 8.01. The first kappa shape index (κ1) is 16.8. The normalized spacial score (nSPS) is 19.6. The summed E-state index contributed by atoms with van der Waals surface area (Å²) in [6.07, 6.45) is 2.56. The van der Waals surface area contributed by atoms with Crippen LogP contribution in [-0.2, 0) is 14.4 Å². The van der Waals surface area contributed by atoms with Crippen LogP contribution in [0, 0.1) is 0 Å². The van der Waals surface area contributed by atoms with E-state index in [1.807, 2.05) is 29.2 Å². The predicted molar refractivity (Wildman–Crippen MR) is 92.8 cm³/mol. The zero-order valence-corrected chi connectivity index (χ0v) is 14.2. The van der Waals surface area contributed by atoms with Crippen LogP contribution in [0.1, 0.15) is 25.7 Å². The van der Waals surface area contributed by atoms with Gasteiger partial charge in [0.1, 0.15) is 0 Å². The van der Waals surface area contributed by atoms with Gasteiger partial charge in [-0.3, -0.25) is 14.4 Å². The summed E-state index contributed by atoms with van der Waals surface area (Å²) in [5, 5.41) is 5.14. The van der Waals surface area contributed by atoms with Crippen LogP contribution in [-0.4, -0.2) is 47.5 Å². The molecule has 0 aromatic heterocycles. The zero-order valence-electron chi connectivity index (χ0n) is 13.4. The van der Waals surface area contributed by atoms with Gasteiger partial charge in [0.05, 0.1) is 10.9 Å². The second kappa shape index (κ2) is 7.70. The van der Waals surface area contributed by atoms with Gasteiger partial charge >= 0.3 is 0 Å². The minimum atomic E-state index is -0.436. The van der Waals surface area contributed by atoms with Crippen LogP contribution in [0.15, 0.2) is 29.2 Å². The van der Waals surface area contributed by atoms with E-state index in [1.165, 1.54) is 11.8 Å². The highest BCUT2D eigenvalue weighted by Crippen LogP contribution is 2.36. The SMILES string of the molecule is O=C(CC1Sc2ccccc2NC1=O)NCCC(=O)N1CCCC1. The van der Waals surface area contributed by atoms with Gasteiger partial charge in [0.15, 0.2) is 0 Å². The lowest BCUT2D eigenvalue weighted by Crippen LogP contribution is -2.36. The van der Waals surface area contributed by atoms with Gasteiger partial charge in [0.2, 0.25) is 17.7 Å². The van der Waals surface area contributed by atoms with E-state index in [-0.39, 0.29) is 24.1 Å². The Balaban J connectivity index is 1.43. The molecule has 24 heavy (non-hydrogen) atoms. The maximum atomic E-state index is 12.1. The predicted octanol–water partition coefficient (Wildman–Crippen LogP) is 1.62. The van der Waals surface area contributed by atoms with Gasteiger partial charge in [-0.1, -0.05) is 12.1 Å². The molecule has 3 amide bonds. The van der Waals surface area contributed by atoms with E-state index in [2.05, 4.69) is 10.6 Å². The number of rotatable bonds is 5. The number of likely N-dealkylation sites (tertiary alicyclic amines) is 1. The van der Waals surface area contributed by atoms with E-state index in [4.69, 9.17) is 0 Å². The number of para-hydroxylation sites is 1. The summed E-state index contributed by atoms with van der Waals surface area (Å²) in [5.41, 5.74) is 0.792. The summed E-state index contributed by atoms with van der Waals surface area (Å²) in [5.74, 6) is -0.259. The standard InChI is InChI=1S/C17H21N3O3S/c21-15(18-8-7-16(22)20-9-3-4-10-20)11-14-17(23)19-12-5-1-2-6-13(12)24-14/h1-2,5-6,14H,3-4,7-11H2,(H,18,21)(H,19,23). The van der Waals surface area contributed by atoms with Crippen molar-refractivity contribution in [1.82, 2.24) is 10.2 Å². The van der Waals surface area contributed by atoms with E-state index in [0.29, 0.717) is 13.0 Å². The molecule has 1 saturated heterocycles. The molecule has 1 atom stereocenters. The molecule has 2 heterocycles. The van der Waals surface area contributed by atoms with Crippen LogP contribution >= 0.6 is 11.8 Å². The third-order valence-corrected chi connectivity index (χ3v) is 5.47. The number of hydrogen-bond acceptors (Lipinski definition) is 4. The van der Waals surface area contributed by atoms with E-state index < -0.39 is 5.25 Å². The molecule has 0 radical (unpaired) electrons. The fourth-order valence-electron chi connectivity index (χ4n) is 2.90. The topological polar surface area (TPSA) is 78.5 Å². The second-order valence-electron chi connectivity index (χ2n) is 5.98. The smallest absolute Gasteiger partial charge is 0.238 e. The molecule has 0 saturated carbocycles. The van der Waals surface area contributed by atoms with Gasteiger partial charge in [-0.05, 0) is 25.0 Å². The number of anilines is 1. The number of carbonyl (C=O) groups is 3. The van der Waals surface area contributed by atoms with E-state index in [0.717, 1.165) is 36.5 Å². The van der Waals surface area contributed by atoms with Crippen molar-refractivity contribution in [1.29, 1.82) is 0 Å². The quantitative estimate of drug-likeness (QED) is 0.848. The number of nitrogens with zero attached hydrogens (tertiary/aromatic N) is 1. The largest absolute Gasteiger partial charge is 0.356 e. The molecular weight excluding hydrogens is 326 g/mol. The Bertz CT molecular complexity index is 644. The lowest BCUT2D eigenvalue weighted by molar-refractivity contribution is -0.130. The van der Waals surface area contributed by atoms with Gasteiger partial charge in [0.25, 0.3) is 0 Å². The number of nitrogens with one attached hydrogen (secondary N) is 2. The first-order valence-electron chi connectivity index (χ1n) is 8.24. The van der Waals surface area contributed by atoms with Crippen molar-refractivity contribution in [3.8, 4) is 0 Å². The third-order valence-electron chi connectivity index (χ3n) is 4.20. The molecule has 0 bridgehead atoms. The average molecular weight is 347 g/mol. The Hall–Kier alpha value is -2.02. The summed E-state index contributed by atoms with van der Waals surface area (Å²) in [4.78, 5) is 38.8. The first-order chi connectivity index (χ1) is 11.6. The fraction of sp³-hybridized carbons (Fsp3) is 0.471. The maximum absolute atomic E-state index is 12.1. The highest BCUT2D eigenvalue weighted by atomic mass is 32.2. The average Bonchev–Trinajstić information content (AvgIpc) is 3.10. The number of thioether (sulfide) groups is 1. The molecule has 6 nitrogen and oxygen atoms in total. The maximum Gasteiger partial charge on any atom is 0.238 e. The van der Waals surface area contributed by atoms with Gasteiger partial charge < -0.3 is 15.5 Å². The second-order valence-corrected chi connectivity index (χ2v) is 7.23. The molecule has 1 unspecified atom stereocenters. The van der Waals surface area contributed by atoms with Crippen molar-refractivity contribution < 1.29 is 14.4 Å². The molecule has 1 fully saturated rings. The van der Waals surface area contributed by atoms with E-state index in [1.54, 1.807) is 0 Å². The Labute approximate surface area is 145 Å². The number of hydrogen-bond donors (Lipinski definition) is 2. The molecule has 2 aliphatic rings. The number of amides is 3. The van der Waals surface area contributed by atoms with Crippen molar-refractivity contribution in [2.75, 3.05) is 25.0 Å². The summed E-state index contributed by atoms with van der Waals surface area (Å²) < 4.78 is 0. The molecule has 128 valence electrons. The summed E-state index contributed by atoms with van der Waals surface area (Å²) >= 11 is 1.41. The Morgan fingerprint density at radius 2 is 2.00 bits per heavy atom. The molecule has 1 aromatic rings. The Morgan fingerprint density at radius 3 is 2.79 bits per heavy atom. The first-order valence-corrected chi connectivity index (χ1v) is 9.12. The van der Waals surface area contributed by atoms with Gasteiger partial charge in [-0.2, -0.15) is 0 Å². The fourth-order valence-corrected chi connectivity index (χ4v) is 4.01.